The van der Waals surface area contributed by atoms with Crippen molar-refractivity contribution < 1.29 is 14.8 Å². The van der Waals surface area contributed by atoms with E-state index >= 15 is 0 Å². The average molecular weight is 367 g/mol. The second kappa shape index (κ2) is 6.56. The number of rotatable bonds is 3. The molecule has 0 aliphatic carbocycles. The summed E-state index contributed by atoms with van der Waals surface area (Å²) in [6.07, 6.45) is 0. The van der Waals surface area contributed by atoms with E-state index in [2.05, 4.69) is 0 Å². The van der Waals surface area contributed by atoms with Crippen molar-refractivity contribution in [1.29, 1.82) is 0 Å². The highest BCUT2D eigenvalue weighted by Gasteiger charge is 2.28. The van der Waals surface area contributed by atoms with Crippen molar-refractivity contribution in [3.8, 4) is 5.75 Å². The molecule has 8 nitrogen and oxygen atoms in total. The Labute approximate surface area is 154 Å². The molecule has 0 spiro atoms. The standard InChI is InChI=1S/C19H17N3O5/c1-11-7-9-12(10-8-11)20(2)18(24)16-17(23)15-13(21(3)19(16)25)5-4-6-14(15)22(26)27/h4-10,23H,1-3H3. The van der Waals surface area contributed by atoms with Gasteiger partial charge in [-0.3, -0.25) is 19.7 Å². The highest BCUT2D eigenvalue weighted by Crippen LogP contribution is 2.34. The largest absolute Gasteiger partial charge is 0.506 e. The molecule has 0 radical (unpaired) electrons. The van der Waals surface area contributed by atoms with Crippen LogP contribution in [0.2, 0.25) is 0 Å². The van der Waals surface area contributed by atoms with Crippen LogP contribution in [0.25, 0.3) is 10.9 Å². The van der Waals surface area contributed by atoms with Crippen LogP contribution in [0, 0.1) is 17.0 Å². The number of hydrogen-bond acceptors (Lipinski definition) is 5. The molecule has 1 heterocycles. The number of aromatic hydroxyl groups is 1. The number of anilines is 1. The number of non-ortho nitro benzene ring substituents is 1. The third-order valence-corrected chi connectivity index (χ3v) is 4.51. The van der Waals surface area contributed by atoms with Gasteiger partial charge in [0.1, 0.15) is 16.7 Å². The van der Waals surface area contributed by atoms with Gasteiger partial charge in [-0.05, 0) is 25.1 Å². The van der Waals surface area contributed by atoms with Crippen LogP contribution in [0.5, 0.6) is 5.75 Å². The first-order chi connectivity index (χ1) is 12.7. The molecule has 0 unspecified atom stereocenters. The Morgan fingerprint density at radius 1 is 1.19 bits per heavy atom. The Morgan fingerprint density at radius 3 is 2.41 bits per heavy atom. The summed E-state index contributed by atoms with van der Waals surface area (Å²) in [6.45, 7) is 1.90. The molecular weight excluding hydrogens is 350 g/mol. The summed E-state index contributed by atoms with van der Waals surface area (Å²) in [5.41, 5.74) is 0.0649. The second-order valence-electron chi connectivity index (χ2n) is 6.22. The van der Waals surface area contributed by atoms with Crippen molar-refractivity contribution in [1.82, 2.24) is 4.57 Å². The fourth-order valence-electron chi connectivity index (χ4n) is 2.95. The molecule has 1 N–H and O–H groups in total. The lowest BCUT2D eigenvalue weighted by molar-refractivity contribution is -0.383. The SMILES string of the molecule is Cc1ccc(N(C)C(=O)c2c(O)c3c([N+](=O)[O-])cccc3n(C)c2=O)cc1. The van der Waals surface area contributed by atoms with E-state index in [1.54, 1.807) is 12.1 Å². The predicted octanol–water partition coefficient (Wildman–Crippen LogP) is 2.74. The minimum Gasteiger partial charge on any atom is -0.506 e. The van der Waals surface area contributed by atoms with Gasteiger partial charge in [0.05, 0.1) is 10.4 Å². The van der Waals surface area contributed by atoms with Gasteiger partial charge in [0.2, 0.25) is 0 Å². The number of nitro groups is 1. The first-order valence-electron chi connectivity index (χ1n) is 8.07. The number of amides is 1. The lowest BCUT2D eigenvalue weighted by Crippen LogP contribution is -2.34. The molecule has 8 heteroatoms. The van der Waals surface area contributed by atoms with Gasteiger partial charge in [-0.25, -0.2) is 0 Å². The molecule has 0 saturated carbocycles. The van der Waals surface area contributed by atoms with E-state index < -0.39 is 27.7 Å². The zero-order chi connectivity index (χ0) is 19.9. The summed E-state index contributed by atoms with van der Waals surface area (Å²) in [6, 6.07) is 11.1. The molecule has 0 aliphatic heterocycles. The van der Waals surface area contributed by atoms with Gasteiger partial charge < -0.3 is 14.6 Å². The maximum Gasteiger partial charge on any atom is 0.282 e. The van der Waals surface area contributed by atoms with Gasteiger partial charge in [0.25, 0.3) is 17.2 Å². The zero-order valence-electron chi connectivity index (χ0n) is 15.0. The summed E-state index contributed by atoms with van der Waals surface area (Å²) >= 11 is 0. The quantitative estimate of drug-likeness (QED) is 0.566. The number of nitrogens with zero attached hydrogens (tertiary/aromatic N) is 3. The van der Waals surface area contributed by atoms with Crippen LogP contribution in [-0.4, -0.2) is 27.6 Å². The van der Waals surface area contributed by atoms with Gasteiger partial charge in [-0.15, -0.1) is 0 Å². The Balaban J connectivity index is 2.26. The maximum absolute atomic E-state index is 12.9. The van der Waals surface area contributed by atoms with Gasteiger partial charge in [0.15, 0.2) is 0 Å². The fraction of sp³-hybridized carbons (Fsp3) is 0.158. The third-order valence-electron chi connectivity index (χ3n) is 4.51. The molecule has 0 atom stereocenters. The summed E-state index contributed by atoms with van der Waals surface area (Å²) in [5, 5.41) is 21.8. The topological polar surface area (TPSA) is 106 Å². The molecule has 0 bridgehead atoms. The van der Waals surface area contributed by atoms with E-state index in [0.29, 0.717) is 5.69 Å². The van der Waals surface area contributed by atoms with E-state index in [1.807, 2.05) is 19.1 Å². The van der Waals surface area contributed by atoms with Crippen molar-refractivity contribution in [3.63, 3.8) is 0 Å². The van der Waals surface area contributed by atoms with Crippen molar-refractivity contribution >= 4 is 28.2 Å². The lowest BCUT2D eigenvalue weighted by Gasteiger charge is -2.19. The van der Waals surface area contributed by atoms with E-state index in [4.69, 9.17) is 0 Å². The number of nitro benzene ring substituents is 1. The van der Waals surface area contributed by atoms with Gasteiger partial charge >= 0.3 is 0 Å². The van der Waals surface area contributed by atoms with E-state index in [1.165, 1.54) is 37.2 Å². The molecule has 0 aliphatic rings. The van der Waals surface area contributed by atoms with Crippen molar-refractivity contribution in [3.05, 3.63) is 74.1 Å². The number of aryl methyl sites for hydroxylation is 2. The average Bonchev–Trinajstić information content (AvgIpc) is 2.65. The van der Waals surface area contributed by atoms with E-state index in [0.717, 1.165) is 10.1 Å². The van der Waals surface area contributed by atoms with Crippen molar-refractivity contribution in [2.45, 2.75) is 6.92 Å². The van der Waals surface area contributed by atoms with Crippen molar-refractivity contribution in [2.75, 3.05) is 11.9 Å². The lowest BCUT2D eigenvalue weighted by atomic mass is 10.1. The summed E-state index contributed by atoms with van der Waals surface area (Å²) in [4.78, 5) is 37.5. The number of aromatic nitrogens is 1. The van der Waals surface area contributed by atoms with Crippen molar-refractivity contribution in [2.24, 2.45) is 7.05 Å². The van der Waals surface area contributed by atoms with Crippen LogP contribution in [0.3, 0.4) is 0 Å². The van der Waals surface area contributed by atoms with E-state index in [9.17, 15) is 24.8 Å². The summed E-state index contributed by atoms with van der Waals surface area (Å²) in [5.74, 6) is -1.44. The summed E-state index contributed by atoms with van der Waals surface area (Å²) in [7, 11) is 2.87. The molecule has 2 aromatic carbocycles. The number of pyridine rings is 1. The smallest absolute Gasteiger partial charge is 0.282 e. The Kier molecular flexibility index (Phi) is 4.40. The molecule has 0 fully saturated rings. The minimum absolute atomic E-state index is 0.148. The number of fused-ring (bicyclic) bond motifs is 1. The third kappa shape index (κ3) is 2.91. The zero-order valence-corrected chi connectivity index (χ0v) is 15.0. The number of carbonyl (C=O) groups is 1. The Bertz CT molecular complexity index is 1130. The highest BCUT2D eigenvalue weighted by molar-refractivity contribution is 6.11. The fourth-order valence-corrected chi connectivity index (χ4v) is 2.95. The maximum atomic E-state index is 12.9. The minimum atomic E-state index is -0.753. The molecule has 3 aromatic rings. The first kappa shape index (κ1) is 18.1. The van der Waals surface area contributed by atoms with Crippen LogP contribution >= 0.6 is 0 Å². The highest BCUT2D eigenvalue weighted by atomic mass is 16.6. The van der Waals surface area contributed by atoms with Crippen LogP contribution in [0.1, 0.15) is 15.9 Å². The Hall–Kier alpha value is -3.68. The molecular formula is C19H17N3O5. The van der Waals surface area contributed by atoms with Crippen LogP contribution in [0.15, 0.2) is 47.3 Å². The normalized spacial score (nSPS) is 10.8. The number of carbonyl (C=O) groups excluding carboxylic acids is 1. The molecule has 1 aromatic heterocycles. The number of benzene rings is 2. The monoisotopic (exact) mass is 367 g/mol. The van der Waals surface area contributed by atoms with Gasteiger partial charge in [-0.2, -0.15) is 0 Å². The number of hydrogen-bond donors (Lipinski definition) is 1. The van der Waals surface area contributed by atoms with Crippen LogP contribution in [-0.2, 0) is 7.05 Å². The molecule has 0 saturated heterocycles. The Morgan fingerprint density at radius 2 is 1.81 bits per heavy atom. The molecule has 1 amide bonds. The molecule has 138 valence electrons. The molecule has 27 heavy (non-hydrogen) atoms. The van der Waals surface area contributed by atoms with Crippen LogP contribution in [0.4, 0.5) is 11.4 Å². The van der Waals surface area contributed by atoms with Gasteiger partial charge in [-0.1, -0.05) is 23.8 Å². The first-order valence-corrected chi connectivity index (χ1v) is 8.07. The van der Waals surface area contributed by atoms with E-state index in [-0.39, 0.29) is 16.6 Å². The van der Waals surface area contributed by atoms with Crippen LogP contribution < -0.4 is 10.5 Å². The molecule has 3 rings (SSSR count). The second-order valence-corrected chi connectivity index (χ2v) is 6.22. The predicted molar refractivity (Wildman–Crippen MR) is 101 cm³/mol. The van der Waals surface area contributed by atoms with Gasteiger partial charge in [0, 0.05) is 25.8 Å². The summed E-state index contributed by atoms with van der Waals surface area (Å²) < 4.78 is 1.12.